The first kappa shape index (κ1) is 14.3. The van der Waals surface area contributed by atoms with E-state index in [0.29, 0.717) is 26.4 Å². The summed E-state index contributed by atoms with van der Waals surface area (Å²) in [5, 5.41) is 0. The summed E-state index contributed by atoms with van der Waals surface area (Å²) in [5.74, 6) is 0. The average Bonchev–Trinajstić information content (AvgIpc) is 2.35. The Morgan fingerprint density at radius 3 is 2.35 bits per heavy atom. The Kier molecular flexibility index (Phi) is 7.76. The van der Waals surface area contributed by atoms with Gasteiger partial charge < -0.3 is 14.2 Å². The fourth-order valence-electron chi connectivity index (χ4n) is 1.69. The molecule has 0 spiro atoms. The summed E-state index contributed by atoms with van der Waals surface area (Å²) in [5.41, 5.74) is 2.76. The highest BCUT2D eigenvalue weighted by Gasteiger charge is 2.07. The molecule has 0 atom stereocenters. The van der Waals surface area contributed by atoms with Gasteiger partial charge in [0, 0.05) is 6.61 Å². The van der Waals surface area contributed by atoms with Crippen LogP contribution in [-0.4, -0.2) is 33.0 Å². The lowest BCUT2D eigenvalue weighted by Crippen LogP contribution is -2.08. The Morgan fingerprint density at radius 1 is 1.00 bits per heavy atom. The van der Waals surface area contributed by atoms with Crippen LogP contribution in [0, 0.1) is 0 Å². The third-order valence-corrected chi connectivity index (χ3v) is 2.77. The van der Waals surface area contributed by atoms with Crippen molar-refractivity contribution in [2.24, 2.45) is 0 Å². The van der Waals surface area contributed by atoms with E-state index in [1.165, 1.54) is 11.1 Å². The molecule has 0 heterocycles. The van der Waals surface area contributed by atoms with E-state index >= 15 is 0 Å². The number of hydrogen-bond donors (Lipinski definition) is 0. The summed E-state index contributed by atoms with van der Waals surface area (Å²) in [6.45, 7) is 9.28. The highest BCUT2D eigenvalue weighted by Crippen LogP contribution is 2.25. The standard InChI is InChI=1S/C14H24O3/c1-3-15-8-9-16-10-11-17-12-14-6-4-13(2)5-7-14/h12H,2-11H2,1H3. The Balaban J connectivity index is 1.93. The molecule has 0 radical (unpaired) electrons. The molecule has 0 aromatic heterocycles. The lowest BCUT2D eigenvalue weighted by molar-refractivity contribution is 0.0339. The molecule has 0 aromatic rings. The predicted molar refractivity (Wildman–Crippen MR) is 69.0 cm³/mol. The van der Waals surface area contributed by atoms with Crippen LogP contribution in [0.4, 0.5) is 0 Å². The minimum atomic E-state index is 0.622. The van der Waals surface area contributed by atoms with Crippen molar-refractivity contribution in [3.8, 4) is 0 Å². The molecule has 1 aliphatic rings. The monoisotopic (exact) mass is 240 g/mol. The zero-order chi connectivity index (χ0) is 12.3. The maximum absolute atomic E-state index is 5.46. The SMILES string of the molecule is C=C1CCC(=COCCOCCOCC)CC1. The van der Waals surface area contributed by atoms with E-state index in [-0.39, 0.29) is 0 Å². The molecule has 3 nitrogen and oxygen atoms in total. The van der Waals surface area contributed by atoms with E-state index in [9.17, 15) is 0 Å². The van der Waals surface area contributed by atoms with Gasteiger partial charge in [-0.1, -0.05) is 12.2 Å². The third-order valence-electron chi connectivity index (χ3n) is 2.77. The summed E-state index contributed by atoms with van der Waals surface area (Å²) >= 11 is 0. The predicted octanol–water partition coefficient (Wildman–Crippen LogP) is 3.07. The maximum Gasteiger partial charge on any atom is 0.111 e. The van der Waals surface area contributed by atoms with Crippen LogP contribution in [0.25, 0.3) is 0 Å². The van der Waals surface area contributed by atoms with Gasteiger partial charge in [0.05, 0.1) is 26.1 Å². The summed E-state index contributed by atoms with van der Waals surface area (Å²) in [7, 11) is 0. The Morgan fingerprint density at radius 2 is 1.65 bits per heavy atom. The van der Waals surface area contributed by atoms with Crippen LogP contribution in [0.5, 0.6) is 0 Å². The second kappa shape index (κ2) is 9.25. The van der Waals surface area contributed by atoms with Crippen LogP contribution in [0.1, 0.15) is 32.6 Å². The van der Waals surface area contributed by atoms with Crippen molar-refractivity contribution in [3.63, 3.8) is 0 Å². The fraction of sp³-hybridized carbons (Fsp3) is 0.714. The van der Waals surface area contributed by atoms with E-state index in [0.717, 1.165) is 32.3 Å². The first-order valence-corrected chi connectivity index (χ1v) is 6.44. The van der Waals surface area contributed by atoms with Crippen LogP contribution >= 0.6 is 0 Å². The molecule has 1 saturated carbocycles. The second-order valence-electron chi connectivity index (χ2n) is 4.21. The van der Waals surface area contributed by atoms with Gasteiger partial charge in [0.1, 0.15) is 6.61 Å². The molecule has 98 valence electrons. The van der Waals surface area contributed by atoms with Crippen molar-refractivity contribution in [1.82, 2.24) is 0 Å². The van der Waals surface area contributed by atoms with Gasteiger partial charge >= 0.3 is 0 Å². The first-order chi connectivity index (χ1) is 8.33. The van der Waals surface area contributed by atoms with Crippen LogP contribution in [0.15, 0.2) is 24.0 Å². The molecular weight excluding hydrogens is 216 g/mol. The number of rotatable bonds is 8. The van der Waals surface area contributed by atoms with E-state index in [4.69, 9.17) is 14.2 Å². The van der Waals surface area contributed by atoms with Gasteiger partial charge in [0.15, 0.2) is 0 Å². The molecule has 0 bridgehead atoms. The van der Waals surface area contributed by atoms with Gasteiger partial charge in [-0.3, -0.25) is 0 Å². The molecular formula is C14H24O3. The number of allylic oxidation sites excluding steroid dienone is 2. The van der Waals surface area contributed by atoms with Gasteiger partial charge in [-0.2, -0.15) is 0 Å². The molecule has 0 aromatic carbocycles. The zero-order valence-electron chi connectivity index (χ0n) is 10.9. The summed E-state index contributed by atoms with van der Waals surface area (Å²) in [6.07, 6.45) is 6.33. The minimum Gasteiger partial charge on any atom is -0.499 e. The fourth-order valence-corrected chi connectivity index (χ4v) is 1.69. The summed E-state index contributed by atoms with van der Waals surface area (Å²) in [6, 6.07) is 0. The number of ether oxygens (including phenoxy) is 3. The van der Waals surface area contributed by atoms with Crippen molar-refractivity contribution < 1.29 is 14.2 Å². The lowest BCUT2D eigenvalue weighted by atomic mass is 9.92. The Hall–Kier alpha value is -0.800. The highest BCUT2D eigenvalue weighted by molar-refractivity contribution is 5.11. The molecule has 0 N–H and O–H groups in total. The van der Waals surface area contributed by atoms with Crippen LogP contribution in [0.3, 0.4) is 0 Å². The molecule has 1 rings (SSSR count). The van der Waals surface area contributed by atoms with Crippen molar-refractivity contribution in [2.45, 2.75) is 32.6 Å². The van der Waals surface area contributed by atoms with Crippen molar-refractivity contribution in [3.05, 3.63) is 24.0 Å². The Labute approximate surface area is 104 Å². The quantitative estimate of drug-likeness (QED) is 0.371. The van der Waals surface area contributed by atoms with Gasteiger partial charge in [0.2, 0.25) is 0 Å². The van der Waals surface area contributed by atoms with Crippen molar-refractivity contribution in [1.29, 1.82) is 0 Å². The van der Waals surface area contributed by atoms with E-state index in [2.05, 4.69) is 6.58 Å². The van der Waals surface area contributed by atoms with Crippen LogP contribution in [0.2, 0.25) is 0 Å². The van der Waals surface area contributed by atoms with E-state index in [1.54, 1.807) is 0 Å². The smallest absolute Gasteiger partial charge is 0.111 e. The van der Waals surface area contributed by atoms with Crippen molar-refractivity contribution in [2.75, 3.05) is 33.0 Å². The van der Waals surface area contributed by atoms with Crippen LogP contribution < -0.4 is 0 Å². The van der Waals surface area contributed by atoms with Gasteiger partial charge in [-0.05, 0) is 38.2 Å². The zero-order valence-corrected chi connectivity index (χ0v) is 10.9. The Bertz CT molecular complexity index is 234. The topological polar surface area (TPSA) is 27.7 Å². The summed E-state index contributed by atoms with van der Waals surface area (Å²) < 4.78 is 16.0. The van der Waals surface area contributed by atoms with E-state index < -0.39 is 0 Å². The second-order valence-corrected chi connectivity index (χ2v) is 4.21. The molecule has 17 heavy (non-hydrogen) atoms. The van der Waals surface area contributed by atoms with Crippen LogP contribution in [-0.2, 0) is 14.2 Å². The minimum absolute atomic E-state index is 0.622. The lowest BCUT2D eigenvalue weighted by Gasteiger charge is -2.15. The third kappa shape index (κ3) is 7.18. The molecule has 0 saturated heterocycles. The molecule has 0 unspecified atom stereocenters. The molecule has 0 aliphatic heterocycles. The first-order valence-electron chi connectivity index (χ1n) is 6.44. The highest BCUT2D eigenvalue weighted by atomic mass is 16.5. The summed E-state index contributed by atoms with van der Waals surface area (Å²) in [4.78, 5) is 0. The average molecular weight is 240 g/mol. The number of hydrogen-bond acceptors (Lipinski definition) is 3. The molecule has 1 fully saturated rings. The van der Waals surface area contributed by atoms with Crippen molar-refractivity contribution >= 4 is 0 Å². The van der Waals surface area contributed by atoms with E-state index in [1.807, 2.05) is 13.2 Å². The van der Waals surface area contributed by atoms with Gasteiger partial charge in [-0.25, -0.2) is 0 Å². The van der Waals surface area contributed by atoms with Gasteiger partial charge in [0.25, 0.3) is 0 Å². The molecule has 3 heteroatoms. The maximum atomic E-state index is 5.46. The molecule has 1 aliphatic carbocycles. The van der Waals surface area contributed by atoms with Gasteiger partial charge in [-0.15, -0.1) is 0 Å². The normalized spacial score (nSPS) is 16.1. The largest absolute Gasteiger partial charge is 0.499 e. The molecule has 0 amide bonds.